The molecule has 21 heavy (non-hydrogen) atoms. The SMILES string of the molecule is CC(C)(C)c1nc(-c2ccc(Cl)cc2Br)c(N)n1C1CC1. The second-order valence-electron chi connectivity index (χ2n) is 6.64. The molecule has 1 aromatic heterocycles. The number of hydrogen-bond acceptors (Lipinski definition) is 2. The van der Waals surface area contributed by atoms with Crippen molar-refractivity contribution < 1.29 is 0 Å². The molecule has 2 aromatic rings. The number of nitrogen functional groups attached to an aromatic ring is 1. The monoisotopic (exact) mass is 367 g/mol. The molecule has 1 saturated carbocycles. The lowest BCUT2D eigenvalue weighted by Crippen LogP contribution is -2.19. The van der Waals surface area contributed by atoms with Crippen molar-refractivity contribution in [3.05, 3.63) is 33.5 Å². The number of nitrogens with zero attached hydrogens (tertiary/aromatic N) is 2. The van der Waals surface area contributed by atoms with Gasteiger partial charge in [0.1, 0.15) is 17.3 Å². The molecule has 1 fully saturated rings. The van der Waals surface area contributed by atoms with E-state index in [1.165, 1.54) is 12.8 Å². The fourth-order valence-electron chi connectivity index (χ4n) is 2.56. The Hall–Kier alpha value is -1.00. The van der Waals surface area contributed by atoms with E-state index in [0.29, 0.717) is 11.1 Å². The van der Waals surface area contributed by atoms with Gasteiger partial charge in [0.25, 0.3) is 0 Å². The molecule has 112 valence electrons. The van der Waals surface area contributed by atoms with Gasteiger partial charge in [0.2, 0.25) is 0 Å². The van der Waals surface area contributed by atoms with Crippen molar-refractivity contribution >= 4 is 33.3 Å². The van der Waals surface area contributed by atoms with E-state index in [1.54, 1.807) is 0 Å². The van der Waals surface area contributed by atoms with Gasteiger partial charge in [0, 0.05) is 26.5 Å². The summed E-state index contributed by atoms with van der Waals surface area (Å²) >= 11 is 9.59. The molecule has 0 spiro atoms. The van der Waals surface area contributed by atoms with Crippen LogP contribution in [0, 0.1) is 0 Å². The molecular formula is C16H19BrClN3. The van der Waals surface area contributed by atoms with Gasteiger partial charge in [-0.05, 0) is 25.0 Å². The molecule has 3 rings (SSSR count). The first kappa shape index (κ1) is 14.9. The van der Waals surface area contributed by atoms with Crippen LogP contribution < -0.4 is 5.73 Å². The molecule has 1 aliphatic rings. The molecule has 0 amide bonds. The summed E-state index contributed by atoms with van der Waals surface area (Å²) in [7, 11) is 0. The van der Waals surface area contributed by atoms with Crippen LogP contribution in [0.2, 0.25) is 5.02 Å². The summed E-state index contributed by atoms with van der Waals surface area (Å²) in [5, 5.41) is 0.696. The topological polar surface area (TPSA) is 43.8 Å². The fourth-order valence-corrected chi connectivity index (χ4v) is 3.43. The molecule has 1 aliphatic carbocycles. The Bertz CT molecular complexity index is 696. The van der Waals surface area contributed by atoms with Gasteiger partial charge in [0.15, 0.2) is 0 Å². The second-order valence-corrected chi connectivity index (χ2v) is 7.94. The van der Waals surface area contributed by atoms with Crippen molar-refractivity contribution in [2.45, 2.75) is 45.1 Å². The largest absolute Gasteiger partial charge is 0.383 e. The Balaban J connectivity index is 2.20. The Labute approximate surface area is 138 Å². The number of halogens is 2. The Morgan fingerprint density at radius 2 is 2.00 bits per heavy atom. The summed E-state index contributed by atoms with van der Waals surface area (Å²) in [6, 6.07) is 6.22. The van der Waals surface area contributed by atoms with Gasteiger partial charge < -0.3 is 10.3 Å². The Kier molecular flexibility index (Phi) is 3.57. The predicted octanol–water partition coefficient (Wildman–Crippen LogP) is 5.18. The third kappa shape index (κ3) is 2.71. The molecule has 2 N–H and O–H groups in total. The van der Waals surface area contributed by atoms with Gasteiger partial charge in [-0.25, -0.2) is 4.98 Å². The van der Waals surface area contributed by atoms with E-state index in [2.05, 4.69) is 41.3 Å². The van der Waals surface area contributed by atoms with E-state index in [4.69, 9.17) is 22.3 Å². The van der Waals surface area contributed by atoms with E-state index < -0.39 is 0 Å². The first-order valence-electron chi connectivity index (χ1n) is 7.12. The van der Waals surface area contributed by atoms with E-state index >= 15 is 0 Å². The van der Waals surface area contributed by atoms with Crippen molar-refractivity contribution in [3.63, 3.8) is 0 Å². The molecule has 0 unspecified atom stereocenters. The summed E-state index contributed by atoms with van der Waals surface area (Å²) in [4.78, 5) is 4.87. The Morgan fingerprint density at radius 1 is 1.33 bits per heavy atom. The lowest BCUT2D eigenvalue weighted by atomic mass is 9.95. The molecular weight excluding hydrogens is 350 g/mol. The number of nitrogens with two attached hydrogens (primary N) is 1. The number of aromatic nitrogens is 2. The lowest BCUT2D eigenvalue weighted by molar-refractivity contribution is 0.504. The highest BCUT2D eigenvalue weighted by Crippen LogP contribution is 2.44. The maximum atomic E-state index is 6.43. The number of anilines is 1. The smallest absolute Gasteiger partial charge is 0.132 e. The standard InChI is InChI=1S/C16H19BrClN3/c1-16(2,3)15-20-13(14(19)21(15)10-5-6-10)11-7-4-9(18)8-12(11)17/h4,7-8,10H,5-6,19H2,1-3H3. The first-order valence-corrected chi connectivity index (χ1v) is 8.29. The van der Waals surface area contributed by atoms with E-state index in [-0.39, 0.29) is 5.41 Å². The van der Waals surface area contributed by atoms with Crippen molar-refractivity contribution in [2.75, 3.05) is 5.73 Å². The molecule has 0 atom stereocenters. The summed E-state index contributed by atoms with van der Waals surface area (Å²) < 4.78 is 3.14. The highest BCUT2D eigenvalue weighted by Gasteiger charge is 2.34. The zero-order valence-corrected chi connectivity index (χ0v) is 14.8. The molecule has 0 saturated heterocycles. The van der Waals surface area contributed by atoms with E-state index in [9.17, 15) is 0 Å². The Morgan fingerprint density at radius 3 is 2.52 bits per heavy atom. The van der Waals surface area contributed by atoms with Crippen LogP contribution in [0.5, 0.6) is 0 Å². The molecule has 0 bridgehead atoms. The van der Waals surface area contributed by atoms with Gasteiger partial charge >= 0.3 is 0 Å². The van der Waals surface area contributed by atoms with Gasteiger partial charge in [-0.1, -0.05) is 54.4 Å². The average molecular weight is 369 g/mol. The lowest BCUT2D eigenvalue weighted by Gasteiger charge is -2.20. The molecule has 1 aromatic carbocycles. The van der Waals surface area contributed by atoms with Crippen LogP contribution >= 0.6 is 27.5 Å². The zero-order chi connectivity index (χ0) is 15.4. The van der Waals surface area contributed by atoms with E-state index in [1.807, 2.05) is 18.2 Å². The van der Waals surface area contributed by atoms with Crippen LogP contribution in [0.15, 0.2) is 22.7 Å². The minimum atomic E-state index is -0.0339. The molecule has 1 heterocycles. The second kappa shape index (κ2) is 5.03. The summed E-state index contributed by atoms with van der Waals surface area (Å²) in [5.41, 5.74) is 8.22. The summed E-state index contributed by atoms with van der Waals surface area (Å²) in [6.45, 7) is 6.52. The third-order valence-electron chi connectivity index (χ3n) is 3.72. The quantitative estimate of drug-likeness (QED) is 0.793. The minimum Gasteiger partial charge on any atom is -0.383 e. The fraction of sp³-hybridized carbons (Fsp3) is 0.438. The number of hydrogen-bond donors (Lipinski definition) is 1. The maximum Gasteiger partial charge on any atom is 0.132 e. The van der Waals surface area contributed by atoms with Crippen LogP contribution in [0.4, 0.5) is 5.82 Å². The van der Waals surface area contributed by atoms with Crippen LogP contribution in [-0.4, -0.2) is 9.55 Å². The van der Waals surface area contributed by atoms with Gasteiger partial charge in [-0.2, -0.15) is 0 Å². The highest BCUT2D eigenvalue weighted by molar-refractivity contribution is 9.10. The summed E-state index contributed by atoms with van der Waals surface area (Å²) in [6.07, 6.45) is 2.37. The minimum absolute atomic E-state index is 0.0339. The molecule has 0 radical (unpaired) electrons. The van der Waals surface area contributed by atoms with Crippen LogP contribution in [0.3, 0.4) is 0 Å². The zero-order valence-electron chi connectivity index (χ0n) is 12.5. The number of rotatable bonds is 2. The highest BCUT2D eigenvalue weighted by atomic mass is 79.9. The van der Waals surface area contributed by atoms with Gasteiger partial charge in [0.05, 0.1) is 0 Å². The number of benzene rings is 1. The first-order chi connectivity index (χ1) is 9.79. The van der Waals surface area contributed by atoms with Crippen LogP contribution in [-0.2, 0) is 5.41 Å². The molecule has 3 nitrogen and oxygen atoms in total. The predicted molar refractivity (Wildman–Crippen MR) is 91.8 cm³/mol. The van der Waals surface area contributed by atoms with Crippen LogP contribution in [0.1, 0.15) is 45.5 Å². The van der Waals surface area contributed by atoms with Gasteiger partial charge in [-0.15, -0.1) is 0 Å². The van der Waals surface area contributed by atoms with Crippen molar-refractivity contribution in [3.8, 4) is 11.3 Å². The summed E-state index contributed by atoms with van der Waals surface area (Å²) in [5.74, 6) is 1.81. The van der Waals surface area contributed by atoms with Crippen molar-refractivity contribution in [1.29, 1.82) is 0 Å². The van der Waals surface area contributed by atoms with E-state index in [0.717, 1.165) is 27.4 Å². The molecule has 5 heteroatoms. The van der Waals surface area contributed by atoms with Crippen molar-refractivity contribution in [2.24, 2.45) is 0 Å². The van der Waals surface area contributed by atoms with Gasteiger partial charge in [-0.3, -0.25) is 0 Å². The van der Waals surface area contributed by atoms with Crippen molar-refractivity contribution in [1.82, 2.24) is 9.55 Å². The number of imidazole rings is 1. The normalized spacial score (nSPS) is 15.5. The maximum absolute atomic E-state index is 6.43. The third-order valence-corrected chi connectivity index (χ3v) is 4.61. The average Bonchev–Trinajstić information content (AvgIpc) is 3.13. The molecule has 0 aliphatic heterocycles. The van der Waals surface area contributed by atoms with Crippen LogP contribution in [0.25, 0.3) is 11.3 Å².